The van der Waals surface area contributed by atoms with Crippen molar-refractivity contribution in [3.05, 3.63) is 71.8 Å². The number of benzene rings is 2. The molecule has 2 aromatic carbocycles. The lowest BCUT2D eigenvalue weighted by molar-refractivity contribution is -0.149. The molecule has 1 amide bonds. The van der Waals surface area contributed by atoms with Crippen molar-refractivity contribution in [2.45, 2.75) is 26.2 Å². The van der Waals surface area contributed by atoms with Gasteiger partial charge in [0.2, 0.25) is 5.91 Å². The molecule has 1 aliphatic heterocycles. The van der Waals surface area contributed by atoms with Gasteiger partial charge in [0.15, 0.2) is 0 Å². The average Bonchev–Trinajstić information content (AvgIpc) is 2.69. The summed E-state index contributed by atoms with van der Waals surface area (Å²) in [4.78, 5) is 26.6. The molecule has 1 aliphatic rings. The molecule has 0 aliphatic carbocycles. The second kappa shape index (κ2) is 8.85. The summed E-state index contributed by atoms with van der Waals surface area (Å²) in [6, 6.07) is 20.1. The smallest absolute Gasteiger partial charge is 0.308 e. The van der Waals surface area contributed by atoms with Gasteiger partial charge in [0, 0.05) is 19.0 Å². The number of carbonyl (C=O) groups is 2. The number of likely N-dealkylation sites (tertiary alicyclic amines) is 1. The minimum atomic E-state index is -0.803. The quantitative estimate of drug-likeness (QED) is 0.850. The van der Waals surface area contributed by atoms with E-state index in [2.05, 4.69) is 0 Å². The summed E-state index contributed by atoms with van der Waals surface area (Å²) in [5, 5.41) is 9.48. The van der Waals surface area contributed by atoms with Crippen LogP contribution in [-0.4, -0.2) is 35.0 Å². The fourth-order valence-electron chi connectivity index (χ4n) is 3.89. The van der Waals surface area contributed by atoms with Crippen molar-refractivity contribution in [2.75, 3.05) is 13.1 Å². The van der Waals surface area contributed by atoms with E-state index in [9.17, 15) is 14.7 Å². The Bertz CT molecular complexity index is 718. The van der Waals surface area contributed by atoms with Crippen LogP contribution >= 0.6 is 0 Å². The van der Waals surface area contributed by atoms with Crippen LogP contribution in [0.25, 0.3) is 0 Å². The van der Waals surface area contributed by atoms with Gasteiger partial charge in [-0.1, -0.05) is 67.6 Å². The molecule has 1 fully saturated rings. The molecule has 1 saturated heterocycles. The molecule has 0 bridgehead atoms. The molecule has 2 unspecified atom stereocenters. The highest BCUT2D eigenvalue weighted by Crippen LogP contribution is 2.26. The maximum Gasteiger partial charge on any atom is 0.308 e. The van der Waals surface area contributed by atoms with Crippen LogP contribution in [0.15, 0.2) is 60.7 Å². The third-order valence-electron chi connectivity index (χ3n) is 5.59. The van der Waals surface area contributed by atoms with Gasteiger partial charge in [-0.05, 0) is 36.3 Å². The Balaban J connectivity index is 1.78. The number of carboxylic acid groups (broad SMARTS) is 1. The molecule has 0 radical (unpaired) electrons. The number of carboxylic acids is 1. The maximum atomic E-state index is 13.3. The van der Waals surface area contributed by atoms with E-state index in [-0.39, 0.29) is 17.7 Å². The average molecular weight is 365 g/mol. The maximum absolute atomic E-state index is 13.3. The second-order valence-corrected chi connectivity index (χ2v) is 7.57. The summed E-state index contributed by atoms with van der Waals surface area (Å²) >= 11 is 0. The lowest BCUT2D eigenvalue weighted by atomic mass is 9.85. The van der Waals surface area contributed by atoms with E-state index in [0.717, 1.165) is 17.5 Å². The summed E-state index contributed by atoms with van der Waals surface area (Å²) in [5.41, 5.74) is 2.26. The summed E-state index contributed by atoms with van der Waals surface area (Å²) in [6.07, 6.45) is 2.07. The van der Waals surface area contributed by atoms with E-state index in [1.165, 1.54) is 0 Å². The molecule has 1 N–H and O–H groups in total. The molecule has 2 aromatic rings. The molecule has 0 saturated carbocycles. The van der Waals surface area contributed by atoms with E-state index in [4.69, 9.17) is 0 Å². The lowest BCUT2D eigenvalue weighted by Gasteiger charge is -2.37. The Hall–Kier alpha value is -2.62. The van der Waals surface area contributed by atoms with Gasteiger partial charge in [0.1, 0.15) is 0 Å². The zero-order valence-corrected chi connectivity index (χ0v) is 15.8. The molecule has 27 heavy (non-hydrogen) atoms. The van der Waals surface area contributed by atoms with E-state index in [1.807, 2.05) is 67.6 Å². The molecule has 0 spiro atoms. The molecule has 3 rings (SSSR count). The highest BCUT2D eigenvalue weighted by Gasteiger charge is 2.35. The van der Waals surface area contributed by atoms with E-state index in [1.54, 1.807) is 4.90 Å². The highest BCUT2D eigenvalue weighted by molar-refractivity contribution is 5.81. The molecule has 142 valence electrons. The third-order valence-corrected chi connectivity index (χ3v) is 5.59. The summed E-state index contributed by atoms with van der Waals surface area (Å²) < 4.78 is 0. The van der Waals surface area contributed by atoms with Gasteiger partial charge in [-0.3, -0.25) is 9.59 Å². The van der Waals surface area contributed by atoms with Crippen molar-refractivity contribution in [2.24, 2.45) is 17.8 Å². The molecule has 2 atom stereocenters. The van der Waals surface area contributed by atoms with Gasteiger partial charge in [-0.2, -0.15) is 0 Å². The first-order valence-corrected chi connectivity index (χ1v) is 9.64. The molecular formula is C23H27NO3. The van der Waals surface area contributed by atoms with Gasteiger partial charge in [-0.15, -0.1) is 0 Å². The Labute approximate surface area is 160 Å². The number of carbonyl (C=O) groups excluding carboxylic acids is 1. The minimum absolute atomic E-state index is 0.0702. The number of nitrogens with zero attached hydrogens (tertiary/aromatic N) is 1. The van der Waals surface area contributed by atoms with Gasteiger partial charge in [-0.25, -0.2) is 0 Å². The zero-order valence-electron chi connectivity index (χ0n) is 15.8. The van der Waals surface area contributed by atoms with Gasteiger partial charge in [0.05, 0.1) is 5.92 Å². The molecule has 4 heteroatoms. The first kappa shape index (κ1) is 19.2. The Morgan fingerprint density at radius 1 is 1.00 bits per heavy atom. The van der Waals surface area contributed by atoms with Crippen LogP contribution < -0.4 is 0 Å². The SMILES string of the molecule is CC1CCN(C(=O)C(Cc2ccccc2)Cc2ccccc2)CC1C(=O)O. The first-order valence-electron chi connectivity index (χ1n) is 9.64. The van der Waals surface area contributed by atoms with Gasteiger partial charge < -0.3 is 10.0 Å². The Morgan fingerprint density at radius 2 is 1.52 bits per heavy atom. The molecular weight excluding hydrogens is 338 g/mol. The number of piperidine rings is 1. The third kappa shape index (κ3) is 4.97. The fourth-order valence-corrected chi connectivity index (χ4v) is 3.89. The highest BCUT2D eigenvalue weighted by atomic mass is 16.4. The summed E-state index contributed by atoms with van der Waals surface area (Å²) in [5.74, 6) is -1.29. The number of amides is 1. The number of rotatable bonds is 6. The van der Waals surface area contributed by atoms with Crippen LogP contribution in [0.4, 0.5) is 0 Å². The van der Waals surface area contributed by atoms with Crippen LogP contribution in [0, 0.1) is 17.8 Å². The van der Waals surface area contributed by atoms with E-state index >= 15 is 0 Å². The Kier molecular flexibility index (Phi) is 6.28. The number of hydrogen-bond acceptors (Lipinski definition) is 2. The van der Waals surface area contributed by atoms with Crippen LogP contribution in [0.1, 0.15) is 24.5 Å². The monoisotopic (exact) mass is 365 g/mol. The Morgan fingerprint density at radius 3 is 2.00 bits per heavy atom. The van der Waals surface area contributed by atoms with E-state index < -0.39 is 11.9 Å². The number of aliphatic carboxylic acids is 1. The number of hydrogen-bond donors (Lipinski definition) is 1. The van der Waals surface area contributed by atoms with Crippen molar-refractivity contribution < 1.29 is 14.7 Å². The fraction of sp³-hybridized carbons (Fsp3) is 0.391. The van der Waals surface area contributed by atoms with Crippen molar-refractivity contribution in [3.63, 3.8) is 0 Å². The molecule has 4 nitrogen and oxygen atoms in total. The van der Waals surface area contributed by atoms with Crippen LogP contribution in [0.5, 0.6) is 0 Å². The predicted molar refractivity (Wildman–Crippen MR) is 105 cm³/mol. The van der Waals surface area contributed by atoms with Gasteiger partial charge >= 0.3 is 5.97 Å². The normalized spacial score (nSPS) is 19.9. The standard InChI is InChI=1S/C23H27NO3/c1-17-12-13-24(16-21(17)23(26)27)22(25)20(14-18-8-4-2-5-9-18)15-19-10-6-3-7-11-19/h2-11,17,20-21H,12-16H2,1H3,(H,26,27). The minimum Gasteiger partial charge on any atom is -0.481 e. The van der Waals surface area contributed by atoms with Crippen LogP contribution in [0.2, 0.25) is 0 Å². The van der Waals surface area contributed by atoms with Crippen LogP contribution in [-0.2, 0) is 22.4 Å². The topological polar surface area (TPSA) is 57.6 Å². The molecule has 0 aromatic heterocycles. The van der Waals surface area contributed by atoms with E-state index in [0.29, 0.717) is 25.9 Å². The van der Waals surface area contributed by atoms with Crippen molar-refractivity contribution >= 4 is 11.9 Å². The molecule has 1 heterocycles. The van der Waals surface area contributed by atoms with Crippen molar-refractivity contribution in [3.8, 4) is 0 Å². The summed E-state index contributed by atoms with van der Waals surface area (Å²) in [6.45, 7) is 2.92. The second-order valence-electron chi connectivity index (χ2n) is 7.57. The van der Waals surface area contributed by atoms with Crippen molar-refractivity contribution in [1.29, 1.82) is 0 Å². The van der Waals surface area contributed by atoms with Gasteiger partial charge in [0.25, 0.3) is 0 Å². The largest absolute Gasteiger partial charge is 0.481 e. The van der Waals surface area contributed by atoms with Crippen molar-refractivity contribution in [1.82, 2.24) is 4.90 Å². The lowest BCUT2D eigenvalue weighted by Crippen LogP contribution is -2.48. The first-order chi connectivity index (χ1) is 13.0. The van der Waals surface area contributed by atoms with Crippen LogP contribution in [0.3, 0.4) is 0 Å². The zero-order chi connectivity index (χ0) is 19.2. The predicted octanol–water partition coefficient (Wildman–Crippen LogP) is 3.66. The summed E-state index contributed by atoms with van der Waals surface area (Å²) in [7, 11) is 0.